The second-order valence-corrected chi connectivity index (χ2v) is 5.45. The van der Waals surface area contributed by atoms with Gasteiger partial charge in [0.1, 0.15) is 6.10 Å². The maximum atomic E-state index is 12.3. The first kappa shape index (κ1) is 15.6. The molecular weight excluding hydrogens is 264 g/mol. The molecule has 0 spiro atoms. The molecule has 2 unspecified atom stereocenters. The van der Waals surface area contributed by atoms with Crippen LogP contribution in [-0.2, 0) is 16.1 Å². The number of likely N-dealkylation sites (N-methyl/N-ethyl adjacent to an activating group) is 1. The quantitative estimate of drug-likeness (QED) is 0.854. The molecule has 1 aliphatic heterocycles. The summed E-state index contributed by atoms with van der Waals surface area (Å²) < 4.78 is 5.53. The molecule has 0 radical (unpaired) electrons. The molecule has 4 heteroatoms. The van der Waals surface area contributed by atoms with Gasteiger partial charge in [-0.05, 0) is 30.0 Å². The van der Waals surface area contributed by atoms with E-state index in [9.17, 15) is 4.79 Å². The summed E-state index contributed by atoms with van der Waals surface area (Å²) in [5.41, 5.74) is 7.36. The largest absolute Gasteiger partial charge is 0.368 e. The molecule has 1 aromatic carbocycles. The van der Waals surface area contributed by atoms with E-state index < -0.39 is 0 Å². The number of rotatable bonds is 3. The Labute approximate surface area is 126 Å². The lowest BCUT2D eigenvalue weighted by molar-refractivity contribution is -0.141. The topological polar surface area (TPSA) is 55.6 Å². The van der Waals surface area contributed by atoms with Crippen LogP contribution in [0.1, 0.15) is 24.5 Å². The van der Waals surface area contributed by atoms with Gasteiger partial charge in [0.15, 0.2) is 0 Å². The minimum absolute atomic E-state index is 0.0620. The Morgan fingerprint density at radius 1 is 1.43 bits per heavy atom. The number of hydrogen-bond acceptors (Lipinski definition) is 3. The molecule has 0 saturated carbocycles. The van der Waals surface area contributed by atoms with Crippen molar-refractivity contribution in [2.24, 2.45) is 11.7 Å². The normalized spacial score (nSPS) is 20.7. The molecule has 0 aliphatic carbocycles. The van der Waals surface area contributed by atoms with Gasteiger partial charge in [-0.3, -0.25) is 4.79 Å². The third-order valence-corrected chi connectivity index (χ3v) is 3.72. The van der Waals surface area contributed by atoms with Crippen LogP contribution in [0.25, 0.3) is 0 Å². The van der Waals surface area contributed by atoms with E-state index in [1.165, 1.54) is 0 Å². The van der Waals surface area contributed by atoms with Gasteiger partial charge < -0.3 is 15.4 Å². The van der Waals surface area contributed by atoms with Crippen LogP contribution < -0.4 is 5.73 Å². The van der Waals surface area contributed by atoms with Crippen molar-refractivity contribution in [3.8, 4) is 11.8 Å². The number of carbonyl (C=O) groups is 1. The molecule has 1 heterocycles. The molecule has 0 bridgehead atoms. The lowest BCUT2D eigenvalue weighted by atomic mass is 10.0. The second-order valence-electron chi connectivity index (χ2n) is 5.45. The van der Waals surface area contributed by atoms with Crippen LogP contribution >= 0.6 is 0 Å². The average Bonchev–Trinajstić information content (AvgIpc) is 2.92. The second kappa shape index (κ2) is 7.26. The van der Waals surface area contributed by atoms with Crippen LogP contribution in [0, 0.1) is 17.8 Å². The molecule has 1 fully saturated rings. The highest BCUT2D eigenvalue weighted by atomic mass is 16.5. The van der Waals surface area contributed by atoms with Gasteiger partial charge in [0, 0.05) is 25.8 Å². The number of nitrogens with zero attached hydrogens (tertiary/aromatic N) is 1. The standard InChI is InChI=1S/C17H22N2O2/c1-13-9-11-21-16(13)17(20)19(2)12-15-7-5-14(6-8-15)4-3-10-18/h5-8,13,16H,9-12,18H2,1-2H3. The highest BCUT2D eigenvalue weighted by Crippen LogP contribution is 2.22. The summed E-state index contributed by atoms with van der Waals surface area (Å²) in [6.07, 6.45) is 0.670. The summed E-state index contributed by atoms with van der Waals surface area (Å²) in [5, 5.41) is 0. The van der Waals surface area contributed by atoms with Gasteiger partial charge in [0.25, 0.3) is 5.91 Å². The van der Waals surface area contributed by atoms with E-state index in [1.54, 1.807) is 4.90 Å². The fourth-order valence-corrected chi connectivity index (χ4v) is 2.43. The Morgan fingerprint density at radius 3 is 2.71 bits per heavy atom. The monoisotopic (exact) mass is 286 g/mol. The molecule has 1 amide bonds. The lowest BCUT2D eigenvalue weighted by Crippen LogP contribution is -2.38. The van der Waals surface area contributed by atoms with E-state index in [-0.39, 0.29) is 12.0 Å². The highest BCUT2D eigenvalue weighted by Gasteiger charge is 2.32. The summed E-state index contributed by atoms with van der Waals surface area (Å²) in [6.45, 7) is 3.68. The highest BCUT2D eigenvalue weighted by molar-refractivity contribution is 5.81. The maximum Gasteiger partial charge on any atom is 0.252 e. The smallest absolute Gasteiger partial charge is 0.252 e. The van der Waals surface area contributed by atoms with Crippen molar-refractivity contribution in [2.75, 3.05) is 20.2 Å². The zero-order valence-corrected chi connectivity index (χ0v) is 12.6. The predicted octanol–water partition coefficient (Wildman–Crippen LogP) is 1.38. The van der Waals surface area contributed by atoms with E-state index in [0.29, 0.717) is 25.6 Å². The van der Waals surface area contributed by atoms with Crippen molar-refractivity contribution in [1.82, 2.24) is 4.90 Å². The van der Waals surface area contributed by atoms with Crippen LogP contribution in [-0.4, -0.2) is 37.1 Å². The van der Waals surface area contributed by atoms with Crippen molar-refractivity contribution in [3.63, 3.8) is 0 Å². The van der Waals surface area contributed by atoms with E-state index in [2.05, 4.69) is 18.8 Å². The minimum atomic E-state index is -0.287. The molecule has 4 nitrogen and oxygen atoms in total. The molecule has 2 N–H and O–H groups in total. The maximum absolute atomic E-state index is 12.3. The zero-order chi connectivity index (χ0) is 15.2. The molecular formula is C17H22N2O2. The van der Waals surface area contributed by atoms with E-state index >= 15 is 0 Å². The van der Waals surface area contributed by atoms with Gasteiger partial charge in [-0.15, -0.1) is 0 Å². The number of ether oxygens (including phenoxy) is 1. The van der Waals surface area contributed by atoms with Crippen molar-refractivity contribution in [1.29, 1.82) is 0 Å². The van der Waals surface area contributed by atoms with Crippen molar-refractivity contribution < 1.29 is 9.53 Å². The minimum Gasteiger partial charge on any atom is -0.368 e. The SMILES string of the molecule is CC1CCOC1C(=O)N(C)Cc1ccc(C#CCN)cc1. The lowest BCUT2D eigenvalue weighted by Gasteiger charge is -2.23. The Hall–Kier alpha value is -1.83. The molecule has 112 valence electrons. The first-order chi connectivity index (χ1) is 10.1. The van der Waals surface area contributed by atoms with Crippen LogP contribution in [0.5, 0.6) is 0 Å². The Balaban J connectivity index is 1.95. The van der Waals surface area contributed by atoms with Crippen LogP contribution in [0.2, 0.25) is 0 Å². The number of amides is 1. The van der Waals surface area contributed by atoms with Gasteiger partial charge >= 0.3 is 0 Å². The summed E-state index contributed by atoms with van der Waals surface area (Å²) in [5.74, 6) is 6.17. The summed E-state index contributed by atoms with van der Waals surface area (Å²) in [4.78, 5) is 14.1. The van der Waals surface area contributed by atoms with Crippen molar-refractivity contribution in [3.05, 3.63) is 35.4 Å². The Kier molecular flexibility index (Phi) is 5.38. The first-order valence-corrected chi connectivity index (χ1v) is 7.26. The number of benzene rings is 1. The van der Waals surface area contributed by atoms with E-state index in [1.807, 2.05) is 31.3 Å². The third kappa shape index (κ3) is 4.07. The predicted molar refractivity (Wildman–Crippen MR) is 82.4 cm³/mol. The summed E-state index contributed by atoms with van der Waals surface area (Å²) in [7, 11) is 1.82. The first-order valence-electron chi connectivity index (χ1n) is 7.26. The average molecular weight is 286 g/mol. The van der Waals surface area contributed by atoms with Gasteiger partial charge in [0.05, 0.1) is 6.54 Å². The zero-order valence-electron chi connectivity index (χ0n) is 12.6. The summed E-state index contributed by atoms with van der Waals surface area (Å²) in [6, 6.07) is 7.88. The molecule has 0 aromatic heterocycles. The number of nitrogens with two attached hydrogens (primary N) is 1. The molecule has 1 aliphatic rings. The molecule has 2 atom stereocenters. The van der Waals surface area contributed by atoms with Gasteiger partial charge in [-0.25, -0.2) is 0 Å². The van der Waals surface area contributed by atoms with Crippen molar-refractivity contribution in [2.45, 2.75) is 26.0 Å². The van der Waals surface area contributed by atoms with Gasteiger partial charge in [-0.1, -0.05) is 30.9 Å². The Morgan fingerprint density at radius 2 is 2.14 bits per heavy atom. The van der Waals surface area contributed by atoms with Crippen LogP contribution in [0.15, 0.2) is 24.3 Å². The molecule has 1 aromatic rings. The van der Waals surface area contributed by atoms with E-state index in [4.69, 9.17) is 10.5 Å². The van der Waals surface area contributed by atoms with Crippen LogP contribution in [0.4, 0.5) is 0 Å². The van der Waals surface area contributed by atoms with Crippen LogP contribution in [0.3, 0.4) is 0 Å². The molecule has 1 saturated heterocycles. The molecule has 21 heavy (non-hydrogen) atoms. The fourth-order valence-electron chi connectivity index (χ4n) is 2.43. The number of hydrogen-bond donors (Lipinski definition) is 1. The fraction of sp³-hybridized carbons (Fsp3) is 0.471. The Bertz CT molecular complexity index is 542. The van der Waals surface area contributed by atoms with Crippen molar-refractivity contribution >= 4 is 5.91 Å². The van der Waals surface area contributed by atoms with Gasteiger partial charge in [0.2, 0.25) is 0 Å². The molecule has 2 rings (SSSR count). The third-order valence-electron chi connectivity index (χ3n) is 3.72. The van der Waals surface area contributed by atoms with E-state index in [0.717, 1.165) is 17.5 Å². The summed E-state index contributed by atoms with van der Waals surface area (Å²) >= 11 is 0. The number of carbonyl (C=O) groups excluding carboxylic acids is 1. The van der Waals surface area contributed by atoms with Gasteiger partial charge in [-0.2, -0.15) is 0 Å².